The van der Waals surface area contributed by atoms with Gasteiger partial charge in [-0.15, -0.1) is 0 Å². The molecule has 76 valence electrons. The average molecular weight is 207 g/mol. The first kappa shape index (κ1) is 8.93. The van der Waals surface area contributed by atoms with Gasteiger partial charge in [-0.05, 0) is 23.1 Å². The van der Waals surface area contributed by atoms with Gasteiger partial charge >= 0.3 is 0 Å². The first-order chi connectivity index (χ1) is 7.90. The molecule has 0 aliphatic carbocycles. The number of rotatable bonds is 1. The fourth-order valence-corrected chi connectivity index (χ4v) is 2.09. The van der Waals surface area contributed by atoms with Gasteiger partial charge in [-0.2, -0.15) is 5.26 Å². The lowest BCUT2D eigenvalue weighted by Crippen LogP contribution is -2.00. The Hall–Kier alpha value is -2.34. The van der Waals surface area contributed by atoms with Crippen LogP contribution in [0.4, 0.5) is 11.4 Å². The van der Waals surface area contributed by atoms with Gasteiger partial charge in [0.25, 0.3) is 0 Å². The maximum atomic E-state index is 8.79. The van der Waals surface area contributed by atoms with Crippen molar-refractivity contribution in [2.75, 3.05) is 5.32 Å². The van der Waals surface area contributed by atoms with Gasteiger partial charge in [0.1, 0.15) is 0 Å². The third-order valence-electron chi connectivity index (χ3n) is 2.80. The zero-order valence-electron chi connectivity index (χ0n) is 8.57. The van der Waals surface area contributed by atoms with Crippen LogP contribution in [0.15, 0.2) is 35.3 Å². The van der Waals surface area contributed by atoms with E-state index in [1.807, 2.05) is 30.3 Å². The molecule has 1 N–H and O–H groups in total. The van der Waals surface area contributed by atoms with Crippen LogP contribution in [0.3, 0.4) is 0 Å². The minimum Gasteiger partial charge on any atom is -0.346 e. The third kappa shape index (κ3) is 1.17. The summed E-state index contributed by atoms with van der Waals surface area (Å²) in [6.07, 6.45) is 2.13. The Labute approximate surface area is 93.0 Å². The highest BCUT2D eigenvalue weighted by atomic mass is 15.0. The lowest BCUT2D eigenvalue weighted by Gasteiger charge is -2.14. The monoisotopic (exact) mass is 207 g/mol. The van der Waals surface area contributed by atoms with Crippen LogP contribution < -0.4 is 5.32 Å². The van der Waals surface area contributed by atoms with Crippen molar-refractivity contribution in [2.24, 2.45) is 4.99 Å². The van der Waals surface area contributed by atoms with E-state index in [0.717, 1.165) is 27.7 Å². The molecule has 0 unspecified atom stereocenters. The predicted octanol–water partition coefficient (Wildman–Crippen LogP) is 2.99. The summed E-state index contributed by atoms with van der Waals surface area (Å²) >= 11 is 0. The number of aliphatic imine (C=N–C) groups is 1. The molecule has 2 aromatic rings. The highest BCUT2D eigenvalue weighted by molar-refractivity contribution is 6.09. The van der Waals surface area contributed by atoms with Crippen LogP contribution in [-0.4, -0.2) is 6.34 Å². The molecule has 1 aliphatic heterocycles. The van der Waals surface area contributed by atoms with Crippen molar-refractivity contribution < 1.29 is 0 Å². The summed E-state index contributed by atoms with van der Waals surface area (Å²) in [5.74, 6) is 0. The van der Waals surface area contributed by atoms with Gasteiger partial charge in [0, 0.05) is 11.1 Å². The first-order valence-corrected chi connectivity index (χ1v) is 5.11. The molecule has 1 heterocycles. The van der Waals surface area contributed by atoms with E-state index < -0.39 is 0 Å². The molecule has 1 aliphatic rings. The minimum absolute atomic E-state index is 0.434. The summed E-state index contributed by atoms with van der Waals surface area (Å²) in [7, 11) is 0. The maximum absolute atomic E-state index is 8.79. The molecule has 0 fully saturated rings. The number of hydrogen-bond acceptors (Lipinski definition) is 3. The van der Waals surface area contributed by atoms with Crippen LogP contribution in [0, 0.1) is 11.3 Å². The minimum atomic E-state index is 0.434. The number of benzene rings is 2. The van der Waals surface area contributed by atoms with E-state index in [1.54, 1.807) is 6.34 Å². The summed E-state index contributed by atoms with van der Waals surface area (Å²) in [4.78, 5) is 4.29. The summed E-state index contributed by atoms with van der Waals surface area (Å²) < 4.78 is 0. The van der Waals surface area contributed by atoms with Crippen LogP contribution >= 0.6 is 0 Å². The zero-order chi connectivity index (χ0) is 11.0. The number of nitrogens with one attached hydrogen (secondary N) is 1. The van der Waals surface area contributed by atoms with E-state index in [2.05, 4.69) is 16.4 Å². The van der Waals surface area contributed by atoms with Crippen molar-refractivity contribution in [3.05, 3.63) is 35.9 Å². The first-order valence-electron chi connectivity index (χ1n) is 5.11. The summed E-state index contributed by atoms with van der Waals surface area (Å²) in [6.45, 7) is 0. The molecule has 3 rings (SSSR count). The second-order valence-electron chi connectivity index (χ2n) is 3.71. The second kappa shape index (κ2) is 3.35. The van der Waals surface area contributed by atoms with Crippen LogP contribution in [0.25, 0.3) is 10.8 Å². The predicted molar refractivity (Wildman–Crippen MR) is 65.0 cm³/mol. The summed E-state index contributed by atoms with van der Waals surface area (Å²) in [5, 5.41) is 14.1. The highest BCUT2D eigenvalue weighted by Crippen LogP contribution is 2.36. The number of nitrogens with zero attached hydrogens (tertiary/aromatic N) is 2. The van der Waals surface area contributed by atoms with E-state index in [-0.39, 0.29) is 0 Å². The number of nitriles is 1. The van der Waals surface area contributed by atoms with E-state index in [0.29, 0.717) is 6.42 Å². The van der Waals surface area contributed by atoms with E-state index >= 15 is 0 Å². The molecule has 0 radical (unpaired) electrons. The summed E-state index contributed by atoms with van der Waals surface area (Å²) in [5.41, 5.74) is 3.08. The van der Waals surface area contributed by atoms with Crippen LogP contribution in [0.5, 0.6) is 0 Å². The molecule has 0 aromatic heterocycles. The second-order valence-corrected chi connectivity index (χ2v) is 3.71. The fraction of sp³-hybridized carbons (Fsp3) is 0.0769. The van der Waals surface area contributed by atoms with Crippen molar-refractivity contribution in [1.29, 1.82) is 5.26 Å². The molecule has 0 amide bonds. The fourth-order valence-electron chi connectivity index (χ4n) is 2.09. The molecule has 0 atom stereocenters. The molecule has 0 bridgehead atoms. The van der Waals surface area contributed by atoms with Gasteiger partial charge in [0.2, 0.25) is 0 Å². The quantitative estimate of drug-likeness (QED) is 0.781. The number of hydrogen-bond donors (Lipinski definition) is 1. The topological polar surface area (TPSA) is 48.2 Å². The van der Waals surface area contributed by atoms with Crippen molar-refractivity contribution in [3.63, 3.8) is 0 Å². The standard InChI is InChI=1S/C13H9N3/c14-7-6-9-4-5-12-13-10(9)2-1-3-11(13)15-8-16-12/h1-5,8H,6H2,(H,15,16). The smallest absolute Gasteiger partial charge is 0.0930 e. The molecular formula is C13H9N3. The Kier molecular flexibility index (Phi) is 1.87. The lowest BCUT2D eigenvalue weighted by atomic mass is 9.99. The zero-order valence-corrected chi connectivity index (χ0v) is 8.57. The SMILES string of the molecule is N#CCc1ccc2c3c(cccc13)NC=N2. The van der Waals surface area contributed by atoms with E-state index in [1.165, 1.54) is 0 Å². The van der Waals surface area contributed by atoms with Crippen molar-refractivity contribution >= 4 is 28.5 Å². The van der Waals surface area contributed by atoms with Crippen molar-refractivity contribution in [1.82, 2.24) is 0 Å². The molecule has 0 saturated carbocycles. The Balaban J connectivity index is 2.41. The van der Waals surface area contributed by atoms with Crippen LogP contribution in [-0.2, 0) is 6.42 Å². The Bertz CT molecular complexity index is 635. The van der Waals surface area contributed by atoms with Crippen molar-refractivity contribution in [3.8, 4) is 6.07 Å². The molecule has 3 heteroatoms. The largest absolute Gasteiger partial charge is 0.346 e. The van der Waals surface area contributed by atoms with E-state index in [9.17, 15) is 0 Å². The Morgan fingerprint density at radius 1 is 1.25 bits per heavy atom. The number of anilines is 1. The van der Waals surface area contributed by atoms with Crippen LogP contribution in [0.2, 0.25) is 0 Å². The van der Waals surface area contributed by atoms with Crippen LogP contribution in [0.1, 0.15) is 5.56 Å². The molecule has 0 saturated heterocycles. The Morgan fingerprint density at radius 3 is 3.06 bits per heavy atom. The van der Waals surface area contributed by atoms with Gasteiger partial charge in [0.05, 0.1) is 24.5 Å². The maximum Gasteiger partial charge on any atom is 0.0930 e. The molecule has 16 heavy (non-hydrogen) atoms. The van der Waals surface area contributed by atoms with Crippen molar-refractivity contribution in [2.45, 2.75) is 6.42 Å². The Morgan fingerprint density at radius 2 is 2.19 bits per heavy atom. The van der Waals surface area contributed by atoms with Gasteiger partial charge in [0.15, 0.2) is 0 Å². The molecule has 3 nitrogen and oxygen atoms in total. The van der Waals surface area contributed by atoms with Gasteiger partial charge in [-0.1, -0.05) is 18.2 Å². The average Bonchev–Trinajstić information content (AvgIpc) is 2.33. The van der Waals surface area contributed by atoms with Gasteiger partial charge in [-0.25, -0.2) is 4.99 Å². The van der Waals surface area contributed by atoms with Gasteiger partial charge < -0.3 is 5.32 Å². The third-order valence-corrected chi connectivity index (χ3v) is 2.80. The molecule has 0 spiro atoms. The highest BCUT2D eigenvalue weighted by Gasteiger charge is 2.11. The van der Waals surface area contributed by atoms with E-state index in [4.69, 9.17) is 5.26 Å². The van der Waals surface area contributed by atoms with Gasteiger partial charge in [-0.3, -0.25) is 0 Å². The lowest BCUT2D eigenvalue weighted by molar-refractivity contribution is 1.28. The molecule has 2 aromatic carbocycles. The normalized spacial score (nSPS) is 12.2. The molecular weight excluding hydrogens is 198 g/mol. The summed E-state index contributed by atoms with van der Waals surface area (Å²) in [6, 6.07) is 12.2.